The van der Waals surface area contributed by atoms with Crippen LogP contribution in [-0.4, -0.2) is 27.3 Å². The van der Waals surface area contributed by atoms with Crippen LogP contribution < -0.4 is 24.6 Å². The summed E-state index contributed by atoms with van der Waals surface area (Å²) >= 11 is 0. The Morgan fingerprint density at radius 2 is 0.739 bits per heavy atom. The molecule has 4 fully saturated rings. The van der Waals surface area contributed by atoms with E-state index in [1.54, 1.807) is 22.3 Å². The Hall–Kier alpha value is 0.0534. The van der Waals surface area contributed by atoms with Gasteiger partial charge in [0, 0.05) is 19.5 Å². The van der Waals surface area contributed by atoms with Crippen LogP contribution in [0.4, 0.5) is 0 Å². The van der Waals surface area contributed by atoms with Crippen LogP contribution in [0.2, 0.25) is 0 Å². The SMILES string of the molecule is Cc1cccc(P(C2CCCCC2)C2CCCCC2)c1-c1c(C)cccc1P(C1CCCCC1)C1CCCCC1.[O-][Cl+3]([O-])([O-])O.[Rh]. The van der Waals surface area contributed by atoms with Crippen molar-refractivity contribution in [3.63, 3.8) is 0 Å². The summed E-state index contributed by atoms with van der Waals surface area (Å²) in [5.41, 5.74) is 10.4. The van der Waals surface area contributed by atoms with Crippen LogP contribution >= 0.6 is 15.8 Å². The minimum absolute atomic E-state index is 0. The minimum Gasteiger partial charge on any atom is -0.183 e. The van der Waals surface area contributed by atoms with Crippen molar-refractivity contribution >= 4 is 26.5 Å². The largest absolute Gasteiger partial charge is 0.183 e. The number of halogens is 1. The van der Waals surface area contributed by atoms with Crippen molar-refractivity contribution in [2.24, 2.45) is 0 Å². The Bertz CT molecular complexity index is 1070. The molecule has 4 nitrogen and oxygen atoms in total. The van der Waals surface area contributed by atoms with Crippen molar-refractivity contribution in [1.29, 1.82) is 0 Å². The molecule has 0 heterocycles. The second-order valence-corrected chi connectivity index (χ2v) is 20.6. The van der Waals surface area contributed by atoms with Crippen molar-refractivity contribution in [3.05, 3.63) is 47.5 Å². The van der Waals surface area contributed by atoms with Crippen LogP contribution in [0.5, 0.6) is 0 Å². The van der Waals surface area contributed by atoms with Crippen molar-refractivity contribution < 1.29 is 48.4 Å². The predicted molar refractivity (Wildman–Crippen MR) is 184 cm³/mol. The van der Waals surface area contributed by atoms with Gasteiger partial charge >= 0.3 is 0 Å². The summed E-state index contributed by atoms with van der Waals surface area (Å²) in [4.78, 5) is 0. The first-order valence-corrected chi connectivity index (χ1v) is 22.3. The normalized spacial score (nSPS) is 21.1. The molecule has 259 valence electrons. The number of aryl methyl sites for hydroxylation is 2. The first-order chi connectivity index (χ1) is 21.7. The van der Waals surface area contributed by atoms with Crippen LogP contribution in [0.15, 0.2) is 36.4 Å². The molecule has 1 radical (unpaired) electrons. The Morgan fingerprint density at radius 3 is 0.978 bits per heavy atom. The van der Waals surface area contributed by atoms with E-state index in [0.717, 1.165) is 22.6 Å². The van der Waals surface area contributed by atoms with E-state index in [2.05, 4.69) is 50.2 Å². The number of hydrogen-bond acceptors (Lipinski definition) is 4. The first kappa shape index (κ1) is 38.8. The van der Waals surface area contributed by atoms with Crippen LogP contribution in [0.1, 0.15) is 140 Å². The van der Waals surface area contributed by atoms with Gasteiger partial charge in [-0.15, -0.1) is 0 Å². The molecule has 4 saturated carbocycles. The molecule has 6 rings (SSSR count). The molecule has 46 heavy (non-hydrogen) atoms. The maximum atomic E-state index is 8.60. The third-order valence-electron chi connectivity index (χ3n) is 11.2. The Balaban J connectivity index is 0.000000745. The van der Waals surface area contributed by atoms with E-state index in [9.17, 15) is 0 Å². The minimum atomic E-state index is -4.69. The van der Waals surface area contributed by atoms with Gasteiger partial charge in [-0.05, 0) is 121 Å². The molecular weight excluding hydrogens is 721 g/mol. The van der Waals surface area contributed by atoms with E-state index < -0.39 is 10.2 Å². The van der Waals surface area contributed by atoms with Gasteiger partial charge in [-0.25, -0.2) is 0 Å². The molecule has 2 aromatic rings. The van der Waals surface area contributed by atoms with E-state index in [1.165, 1.54) is 128 Å². The summed E-state index contributed by atoms with van der Waals surface area (Å²) in [6, 6.07) is 15.1. The molecule has 0 aliphatic heterocycles. The molecule has 0 amide bonds. The number of hydrogen-bond donors (Lipinski definition) is 1. The molecule has 0 bridgehead atoms. The molecule has 4 aliphatic carbocycles. The summed E-state index contributed by atoms with van der Waals surface area (Å²) in [5, 5.41) is 3.65. The van der Waals surface area contributed by atoms with E-state index >= 15 is 0 Å². The molecule has 0 unspecified atom stereocenters. The van der Waals surface area contributed by atoms with Gasteiger partial charge in [-0.3, -0.25) is 0 Å². The third-order valence-corrected chi connectivity index (χ3v) is 18.3. The maximum absolute atomic E-state index is 8.60. The summed E-state index contributed by atoms with van der Waals surface area (Å²) in [7, 11) is -4.93. The average Bonchev–Trinajstić information content (AvgIpc) is 3.04. The van der Waals surface area contributed by atoms with Gasteiger partial charge in [0.1, 0.15) is 0 Å². The van der Waals surface area contributed by atoms with E-state index in [1.807, 2.05) is 10.6 Å². The van der Waals surface area contributed by atoms with Gasteiger partial charge in [0.15, 0.2) is 0 Å². The molecule has 8 heteroatoms. The number of rotatable bonds is 7. The van der Waals surface area contributed by atoms with Gasteiger partial charge < -0.3 is 0 Å². The van der Waals surface area contributed by atoms with Gasteiger partial charge in [0.2, 0.25) is 0 Å². The summed E-state index contributed by atoms with van der Waals surface area (Å²) in [5.74, 6) is 0. The average molecular weight is 778 g/mol. The fraction of sp³-hybridized carbons (Fsp3) is 0.684. The zero-order chi connectivity index (χ0) is 31.8. The van der Waals surface area contributed by atoms with E-state index in [0.29, 0.717) is 0 Å². The Kier molecular flexibility index (Phi) is 15.9. The van der Waals surface area contributed by atoms with Gasteiger partial charge in [0.05, 0.1) is 14.9 Å². The van der Waals surface area contributed by atoms with E-state index in [-0.39, 0.29) is 35.3 Å². The van der Waals surface area contributed by atoms with Gasteiger partial charge in [0.25, 0.3) is 0 Å². The van der Waals surface area contributed by atoms with Crippen molar-refractivity contribution in [3.8, 4) is 11.1 Å². The molecule has 4 aliphatic rings. The fourth-order valence-corrected chi connectivity index (χ4v) is 17.3. The monoisotopic (exact) mass is 777 g/mol. The first-order valence-electron chi connectivity index (χ1n) is 18.1. The van der Waals surface area contributed by atoms with Crippen LogP contribution in [0, 0.1) is 24.1 Å². The second-order valence-electron chi connectivity index (χ2n) is 14.3. The molecule has 0 aromatic heterocycles. The molecule has 0 atom stereocenters. The van der Waals surface area contributed by atoms with Gasteiger partial charge in [-0.2, -0.15) is 14.0 Å². The third kappa shape index (κ3) is 10.5. The zero-order valence-corrected chi connectivity index (χ0v) is 32.4. The Labute approximate surface area is 296 Å². The van der Waals surface area contributed by atoms with Crippen molar-refractivity contribution in [1.82, 2.24) is 0 Å². The number of benzene rings is 2. The Morgan fingerprint density at radius 1 is 0.500 bits per heavy atom. The standard InChI is InChI=1S/C38H56P2.ClHO4.Rh/c1-29-17-15-27-35(39(31-19-7-3-8-20-31)32-21-9-4-10-22-32)37(29)38-30(2)18-16-28-36(38)40(33-23-11-5-12-24-33)34-25-13-6-14-26-34;2-1(3,4)5;/h15-18,27-28,31-34H,3-14,19-26H2,1-2H3;(H,2,3,4,5);. The fourth-order valence-electron chi connectivity index (χ4n) is 9.21. The van der Waals surface area contributed by atoms with Crippen LogP contribution in [0.3, 0.4) is 0 Å². The molecule has 2 aromatic carbocycles. The zero-order valence-electron chi connectivity index (χ0n) is 28.2. The molecule has 1 N–H and O–H groups in total. The van der Waals surface area contributed by atoms with E-state index in [4.69, 9.17) is 18.6 Å². The van der Waals surface area contributed by atoms with Crippen molar-refractivity contribution in [2.75, 3.05) is 0 Å². The van der Waals surface area contributed by atoms with Crippen molar-refractivity contribution in [2.45, 2.75) is 165 Å². The van der Waals surface area contributed by atoms with Crippen LogP contribution in [-0.2, 0) is 19.5 Å². The summed E-state index contributed by atoms with van der Waals surface area (Å²) in [6.07, 6.45) is 29.6. The van der Waals surface area contributed by atoms with Crippen LogP contribution in [0.25, 0.3) is 11.1 Å². The smallest absolute Gasteiger partial charge is 0.0777 e. The maximum Gasteiger partial charge on any atom is 0.0777 e. The topological polar surface area (TPSA) is 89.4 Å². The molecule has 0 saturated heterocycles. The summed E-state index contributed by atoms with van der Waals surface area (Å²) < 4.78 is 32.7. The quantitative estimate of drug-likeness (QED) is 0.235. The van der Waals surface area contributed by atoms with Gasteiger partial charge in [-0.1, -0.05) is 129 Å². The molecular formula is C38H57ClO4P2Rh. The second kappa shape index (κ2) is 18.9. The summed E-state index contributed by atoms with van der Waals surface area (Å²) in [6.45, 7) is 4.93. The molecule has 0 spiro atoms. The predicted octanol–water partition coefficient (Wildman–Crippen LogP) is 7.39.